The second-order valence-electron chi connectivity index (χ2n) is 4.48. The maximum atomic E-state index is 14.0. The van der Waals surface area contributed by atoms with Gasteiger partial charge in [-0.25, -0.2) is 17.5 Å². The van der Waals surface area contributed by atoms with Crippen molar-refractivity contribution in [3.8, 4) is 0 Å². The Bertz CT molecular complexity index is 621. The lowest BCUT2D eigenvalue weighted by Crippen LogP contribution is -2.30. The number of nitrogens with two attached hydrogens (primary N) is 1. The van der Waals surface area contributed by atoms with Crippen LogP contribution in [0.1, 0.15) is 6.42 Å². The minimum absolute atomic E-state index is 0.0356. The number of benzene rings is 1. The van der Waals surface area contributed by atoms with E-state index in [-0.39, 0.29) is 27.6 Å². The van der Waals surface area contributed by atoms with E-state index in [2.05, 4.69) is 20.7 Å². The van der Waals surface area contributed by atoms with Crippen molar-refractivity contribution in [3.05, 3.63) is 21.4 Å². The lowest BCUT2D eigenvalue weighted by atomic mass is 10.1. The summed E-state index contributed by atoms with van der Waals surface area (Å²) in [4.78, 5) is -0.554. The predicted octanol–water partition coefficient (Wildman–Crippen LogP) is 2.14. The van der Waals surface area contributed by atoms with Crippen LogP contribution in [-0.2, 0) is 14.8 Å². The molecule has 1 atom stereocenters. The fourth-order valence-corrected chi connectivity index (χ4v) is 3.64. The van der Waals surface area contributed by atoms with E-state index < -0.39 is 20.7 Å². The monoisotopic (exact) mass is 386 g/mol. The van der Waals surface area contributed by atoms with Crippen LogP contribution in [0, 0.1) is 11.7 Å². The Morgan fingerprint density at radius 1 is 1.60 bits per heavy atom. The number of hydrogen-bond donors (Lipinski definition) is 2. The van der Waals surface area contributed by atoms with Gasteiger partial charge >= 0.3 is 0 Å². The third-order valence-electron chi connectivity index (χ3n) is 3.03. The van der Waals surface area contributed by atoms with Crippen molar-refractivity contribution >= 4 is 43.2 Å². The van der Waals surface area contributed by atoms with Gasteiger partial charge in [-0.1, -0.05) is 11.6 Å². The molecule has 0 radical (unpaired) electrons. The molecule has 0 bridgehead atoms. The minimum atomic E-state index is -4.01. The van der Waals surface area contributed by atoms with Crippen molar-refractivity contribution < 1.29 is 17.5 Å². The first-order valence-corrected chi connectivity index (χ1v) is 8.48. The van der Waals surface area contributed by atoms with Crippen molar-refractivity contribution in [2.75, 3.05) is 25.5 Å². The van der Waals surface area contributed by atoms with E-state index in [1.54, 1.807) is 0 Å². The molecular weight excluding hydrogens is 375 g/mol. The van der Waals surface area contributed by atoms with Gasteiger partial charge in [0.15, 0.2) is 5.82 Å². The van der Waals surface area contributed by atoms with Gasteiger partial charge in [-0.05, 0) is 34.3 Å². The molecule has 3 N–H and O–H groups in total. The van der Waals surface area contributed by atoms with Crippen molar-refractivity contribution in [2.24, 2.45) is 5.92 Å². The minimum Gasteiger partial charge on any atom is -0.395 e. The predicted molar refractivity (Wildman–Crippen MR) is 77.6 cm³/mol. The second kappa shape index (κ2) is 6.15. The van der Waals surface area contributed by atoms with Gasteiger partial charge in [0.2, 0.25) is 10.0 Å². The third-order valence-corrected chi connectivity index (χ3v) is 5.84. The normalized spacial score (nSPS) is 19.4. The Hall–Kier alpha value is -0.410. The smallest absolute Gasteiger partial charge is 0.243 e. The molecule has 9 heteroatoms. The van der Waals surface area contributed by atoms with Crippen LogP contribution >= 0.6 is 27.5 Å². The van der Waals surface area contributed by atoms with Gasteiger partial charge in [0.05, 0.1) is 21.8 Å². The quantitative estimate of drug-likeness (QED) is 0.612. The highest BCUT2D eigenvalue weighted by Crippen LogP contribution is 2.34. The average molecular weight is 388 g/mol. The Kier molecular flexibility index (Phi) is 4.91. The molecule has 20 heavy (non-hydrogen) atoms. The summed E-state index contributed by atoms with van der Waals surface area (Å²) < 4.78 is 45.8. The van der Waals surface area contributed by atoms with Crippen molar-refractivity contribution in [1.82, 2.24) is 4.72 Å². The average Bonchev–Trinajstić information content (AvgIpc) is 2.91. The Balaban J connectivity index is 2.25. The maximum Gasteiger partial charge on any atom is 0.243 e. The molecule has 1 saturated heterocycles. The number of nitrogen functional groups attached to an aromatic ring is 1. The molecule has 1 unspecified atom stereocenters. The van der Waals surface area contributed by atoms with Crippen LogP contribution in [0.5, 0.6) is 0 Å². The molecule has 1 fully saturated rings. The lowest BCUT2D eigenvalue weighted by Gasteiger charge is -2.13. The SMILES string of the molecule is Nc1c(F)c(S(=O)(=O)NCC2CCOC2)cc(Cl)c1Br. The van der Waals surface area contributed by atoms with Gasteiger partial charge in [-0.3, -0.25) is 0 Å². The van der Waals surface area contributed by atoms with E-state index in [9.17, 15) is 12.8 Å². The molecule has 1 heterocycles. The Labute approximate surface area is 129 Å². The highest BCUT2D eigenvalue weighted by Gasteiger charge is 2.25. The third kappa shape index (κ3) is 3.25. The molecule has 112 valence electrons. The molecule has 0 saturated carbocycles. The molecule has 0 spiro atoms. The van der Waals surface area contributed by atoms with E-state index in [0.717, 1.165) is 12.5 Å². The van der Waals surface area contributed by atoms with E-state index in [1.165, 1.54) is 0 Å². The zero-order chi connectivity index (χ0) is 14.9. The van der Waals surface area contributed by atoms with Crippen molar-refractivity contribution in [3.63, 3.8) is 0 Å². The first-order valence-electron chi connectivity index (χ1n) is 5.83. The summed E-state index contributed by atoms with van der Waals surface area (Å²) in [5, 5.41) is 0.0356. The molecule has 1 aliphatic rings. The summed E-state index contributed by atoms with van der Waals surface area (Å²) in [6.45, 7) is 1.29. The van der Waals surface area contributed by atoms with Gasteiger partial charge in [0.1, 0.15) is 4.90 Å². The van der Waals surface area contributed by atoms with Crippen LogP contribution in [-0.4, -0.2) is 28.2 Å². The zero-order valence-electron chi connectivity index (χ0n) is 10.3. The number of hydrogen-bond acceptors (Lipinski definition) is 4. The molecule has 2 rings (SSSR count). The highest BCUT2D eigenvalue weighted by atomic mass is 79.9. The first kappa shape index (κ1) is 16.0. The molecule has 5 nitrogen and oxygen atoms in total. The fraction of sp³-hybridized carbons (Fsp3) is 0.455. The van der Waals surface area contributed by atoms with Crippen molar-refractivity contribution in [2.45, 2.75) is 11.3 Å². The highest BCUT2D eigenvalue weighted by molar-refractivity contribution is 9.10. The number of halogens is 3. The van der Waals surface area contributed by atoms with Crippen LogP contribution in [0.3, 0.4) is 0 Å². The largest absolute Gasteiger partial charge is 0.395 e. The lowest BCUT2D eigenvalue weighted by molar-refractivity contribution is 0.186. The summed E-state index contributed by atoms with van der Waals surface area (Å²) in [5.41, 5.74) is 5.15. The standard InChI is InChI=1S/C11H13BrClFN2O3S/c12-9-7(13)3-8(10(14)11(9)15)20(17,18)16-4-6-1-2-19-5-6/h3,6,16H,1-2,4-5,15H2. The molecule has 1 aromatic carbocycles. The van der Waals surface area contributed by atoms with Crippen LogP contribution in [0.4, 0.5) is 10.1 Å². The van der Waals surface area contributed by atoms with Gasteiger partial charge in [-0.15, -0.1) is 0 Å². The second-order valence-corrected chi connectivity index (χ2v) is 7.42. The van der Waals surface area contributed by atoms with E-state index >= 15 is 0 Å². The maximum absolute atomic E-state index is 14.0. The first-order chi connectivity index (χ1) is 9.33. The molecule has 1 aromatic rings. The van der Waals surface area contributed by atoms with Gasteiger partial charge in [-0.2, -0.15) is 0 Å². The number of sulfonamides is 1. The number of rotatable bonds is 4. The van der Waals surface area contributed by atoms with Crippen LogP contribution in [0.15, 0.2) is 15.4 Å². The molecule has 1 aliphatic heterocycles. The Morgan fingerprint density at radius 2 is 2.30 bits per heavy atom. The molecule has 0 aliphatic carbocycles. The Morgan fingerprint density at radius 3 is 2.90 bits per heavy atom. The summed E-state index contributed by atoms with van der Waals surface area (Å²) in [5.74, 6) is -0.924. The molecular formula is C11H13BrClFN2O3S. The van der Waals surface area contributed by atoms with E-state index in [0.29, 0.717) is 13.2 Å². The number of ether oxygens (including phenoxy) is 1. The van der Waals surface area contributed by atoms with Gasteiger partial charge < -0.3 is 10.5 Å². The number of anilines is 1. The van der Waals surface area contributed by atoms with E-state index in [4.69, 9.17) is 22.1 Å². The van der Waals surface area contributed by atoms with Crippen molar-refractivity contribution in [1.29, 1.82) is 0 Å². The molecule has 0 aromatic heterocycles. The van der Waals surface area contributed by atoms with Gasteiger partial charge in [0, 0.05) is 13.2 Å². The van der Waals surface area contributed by atoms with Crippen LogP contribution in [0.2, 0.25) is 5.02 Å². The summed E-state index contributed by atoms with van der Waals surface area (Å²) >= 11 is 8.81. The van der Waals surface area contributed by atoms with Crippen LogP contribution < -0.4 is 10.5 Å². The topological polar surface area (TPSA) is 81.4 Å². The van der Waals surface area contributed by atoms with Gasteiger partial charge in [0.25, 0.3) is 0 Å². The van der Waals surface area contributed by atoms with E-state index in [1.807, 2.05) is 0 Å². The molecule has 0 amide bonds. The fourth-order valence-electron chi connectivity index (χ4n) is 1.84. The zero-order valence-corrected chi connectivity index (χ0v) is 13.5. The summed E-state index contributed by atoms with van der Waals surface area (Å²) in [7, 11) is -4.01. The van der Waals surface area contributed by atoms with Crippen LogP contribution in [0.25, 0.3) is 0 Å². The summed E-state index contributed by atoms with van der Waals surface area (Å²) in [6.07, 6.45) is 0.772. The summed E-state index contributed by atoms with van der Waals surface area (Å²) in [6, 6.07) is 1.03. The number of nitrogens with one attached hydrogen (secondary N) is 1.